The van der Waals surface area contributed by atoms with Crippen LogP contribution >= 0.6 is 0 Å². The van der Waals surface area contributed by atoms with Crippen molar-refractivity contribution in [2.45, 2.75) is 38.1 Å². The van der Waals surface area contributed by atoms with Gasteiger partial charge in [-0.3, -0.25) is 14.5 Å². The Bertz CT molecular complexity index is 417. The van der Waals surface area contributed by atoms with Crippen LogP contribution in [0, 0.1) is 5.41 Å². The number of hydrogen-bond donors (Lipinski definition) is 3. The van der Waals surface area contributed by atoms with Crippen molar-refractivity contribution >= 4 is 17.6 Å². The highest BCUT2D eigenvalue weighted by Crippen LogP contribution is 2.48. The second-order valence-corrected chi connectivity index (χ2v) is 5.53. The maximum atomic E-state index is 11.9. The first-order valence-electron chi connectivity index (χ1n) is 6.48. The number of carbonyl (C=O) groups is 2. The highest BCUT2D eigenvalue weighted by molar-refractivity contribution is 6.00. The molecule has 0 radical (unpaired) electrons. The molecule has 19 heavy (non-hydrogen) atoms. The first-order chi connectivity index (χ1) is 8.97. The summed E-state index contributed by atoms with van der Waals surface area (Å²) in [5.74, 6) is -0.0711. The van der Waals surface area contributed by atoms with Crippen molar-refractivity contribution in [3.05, 3.63) is 0 Å². The van der Waals surface area contributed by atoms with E-state index in [9.17, 15) is 9.59 Å². The topological polar surface area (TPSA) is 108 Å². The zero-order valence-corrected chi connectivity index (χ0v) is 11.1. The van der Waals surface area contributed by atoms with Crippen molar-refractivity contribution in [2.75, 3.05) is 13.6 Å². The third kappa shape index (κ3) is 3.04. The maximum absolute atomic E-state index is 11.9. The number of oxime groups is 1. The molecule has 4 N–H and O–H groups in total. The number of nitrogens with zero attached hydrogens (tertiary/aromatic N) is 2. The first-order valence-corrected chi connectivity index (χ1v) is 6.48. The number of hydrogen-bond acceptors (Lipinski definition) is 5. The molecule has 2 fully saturated rings. The Balaban J connectivity index is 1.86. The molecule has 7 nitrogen and oxygen atoms in total. The molecule has 0 spiro atoms. The molecule has 2 amide bonds. The van der Waals surface area contributed by atoms with E-state index in [1.54, 1.807) is 0 Å². The fraction of sp³-hybridized carbons (Fsp3) is 0.750. The van der Waals surface area contributed by atoms with Crippen LogP contribution in [0.25, 0.3) is 0 Å². The molecule has 2 rings (SSSR count). The van der Waals surface area contributed by atoms with Gasteiger partial charge in [-0.25, -0.2) is 0 Å². The van der Waals surface area contributed by atoms with Crippen LogP contribution in [0.15, 0.2) is 5.16 Å². The summed E-state index contributed by atoms with van der Waals surface area (Å²) in [6.07, 6.45) is 3.48. The van der Waals surface area contributed by atoms with Gasteiger partial charge in [-0.1, -0.05) is 5.16 Å². The molecule has 0 aromatic rings. The van der Waals surface area contributed by atoms with Gasteiger partial charge in [0, 0.05) is 26.4 Å². The summed E-state index contributed by atoms with van der Waals surface area (Å²) >= 11 is 0. The molecule has 1 saturated carbocycles. The number of nitrogens with one attached hydrogen (secondary N) is 1. The van der Waals surface area contributed by atoms with Crippen LogP contribution in [0.4, 0.5) is 0 Å². The molecule has 106 valence electrons. The van der Waals surface area contributed by atoms with E-state index in [-0.39, 0.29) is 29.1 Å². The molecule has 0 aromatic carbocycles. The van der Waals surface area contributed by atoms with Crippen LogP contribution in [-0.2, 0) is 9.59 Å². The summed E-state index contributed by atoms with van der Waals surface area (Å²) < 4.78 is 0. The minimum absolute atomic E-state index is 0.0105. The predicted molar refractivity (Wildman–Crippen MR) is 68.5 cm³/mol. The molecule has 1 heterocycles. The highest BCUT2D eigenvalue weighted by atomic mass is 16.4. The van der Waals surface area contributed by atoms with E-state index in [2.05, 4.69) is 10.5 Å². The summed E-state index contributed by atoms with van der Waals surface area (Å²) in [7, 11) is 1.52. The summed E-state index contributed by atoms with van der Waals surface area (Å²) in [5.41, 5.74) is 5.54. The largest absolute Gasteiger partial charge is 0.409 e. The third-order valence-electron chi connectivity index (χ3n) is 4.01. The molecule has 1 saturated heterocycles. The normalized spacial score (nSPS) is 26.7. The zero-order valence-electron chi connectivity index (χ0n) is 11.1. The number of piperidine rings is 1. The molecular weight excluding hydrogens is 248 g/mol. The van der Waals surface area contributed by atoms with Crippen molar-refractivity contribution in [1.29, 1.82) is 0 Å². The summed E-state index contributed by atoms with van der Waals surface area (Å²) in [5, 5.41) is 14.8. The Morgan fingerprint density at radius 3 is 2.84 bits per heavy atom. The fourth-order valence-electron chi connectivity index (χ4n) is 2.46. The monoisotopic (exact) mass is 268 g/mol. The van der Waals surface area contributed by atoms with Gasteiger partial charge >= 0.3 is 0 Å². The Morgan fingerprint density at radius 2 is 2.26 bits per heavy atom. The SMILES string of the molecule is CN1C(=O)CCC(NCC2(CC(N)=NO)CC2)C1=O. The van der Waals surface area contributed by atoms with Crippen molar-refractivity contribution in [2.24, 2.45) is 16.3 Å². The van der Waals surface area contributed by atoms with Gasteiger partial charge in [-0.15, -0.1) is 0 Å². The van der Waals surface area contributed by atoms with Gasteiger partial charge < -0.3 is 16.3 Å². The Kier molecular flexibility index (Phi) is 3.75. The Morgan fingerprint density at radius 1 is 1.58 bits per heavy atom. The van der Waals surface area contributed by atoms with Gasteiger partial charge in [0.25, 0.3) is 0 Å². The third-order valence-corrected chi connectivity index (χ3v) is 4.01. The average Bonchev–Trinajstić information content (AvgIpc) is 3.15. The second-order valence-electron chi connectivity index (χ2n) is 5.53. The van der Waals surface area contributed by atoms with Crippen molar-refractivity contribution in [3.63, 3.8) is 0 Å². The van der Waals surface area contributed by atoms with Crippen LogP contribution in [0.2, 0.25) is 0 Å². The summed E-state index contributed by atoms with van der Waals surface area (Å²) in [6.45, 7) is 0.654. The molecule has 1 unspecified atom stereocenters. The number of nitrogens with two attached hydrogens (primary N) is 1. The second kappa shape index (κ2) is 5.16. The van der Waals surface area contributed by atoms with E-state index in [4.69, 9.17) is 10.9 Å². The molecule has 7 heteroatoms. The van der Waals surface area contributed by atoms with Gasteiger partial charge in [-0.2, -0.15) is 0 Å². The molecule has 0 aromatic heterocycles. The van der Waals surface area contributed by atoms with Crippen LogP contribution < -0.4 is 11.1 Å². The number of imide groups is 1. The minimum atomic E-state index is -0.299. The molecule has 2 aliphatic rings. The number of likely N-dealkylation sites (tertiary alicyclic amines) is 1. The van der Waals surface area contributed by atoms with E-state index in [0.717, 1.165) is 12.8 Å². The van der Waals surface area contributed by atoms with E-state index < -0.39 is 0 Å². The lowest BCUT2D eigenvalue weighted by molar-refractivity contribution is -0.148. The highest BCUT2D eigenvalue weighted by Gasteiger charge is 2.44. The minimum Gasteiger partial charge on any atom is -0.409 e. The molecular formula is C12H20N4O3. The van der Waals surface area contributed by atoms with Crippen LogP contribution in [0.1, 0.15) is 32.1 Å². The van der Waals surface area contributed by atoms with Gasteiger partial charge in [0.15, 0.2) is 0 Å². The quantitative estimate of drug-likeness (QED) is 0.207. The van der Waals surface area contributed by atoms with Crippen LogP contribution in [0.3, 0.4) is 0 Å². The molecule has 0 bridgehead atoms. The van der Waals surface area contributed by atoms with E-state index in [1.807, 2.05) is 0 Å². The molecule has 1 aliphatic heterocycles. The number of amides is 2. The standard InChI is InChI=1S/C12H20N4O3/c1-16-10(17)3-2-8(11(16)18)14-7-12(4-5-12)6-9(13)15-19/h8,14,19H,2-7H2,1H3,(H2,13,15). The summed E-state index contributed by atoms with van der Waals surface area (Å²) in [4.78, 5) is 24.5. The molecule has 1 aliphatic carbocycles. The van der Waals surface area contributed by atoms with E-state index in [0.29, 0.717) is 25.8 Å². The number of rotatable bonds is 5. The number of amidine groups is 1. The van der Waals surface area contributed by atoms with E-state index in [1.165, 1.54) is 11.9 Å². The fourth-order valence-corrected chi connectivity index (χ4v) is 2.46. The smallest absolute Gasteiger partial charge is 0.246 e. The average molecular weight is 268 g/mol. The van der Waals surface area contributed by atoms with Gasteiger partial charge in [-0.05, 0) is 24.7 Å². The zero-order chi connectivity index (χ0) is 14.0. The number of likely N-dealkylation sites (N-methyl/N-ethyl adjacent to an activating group) is 1. The first kappa shape index (κ1) is 13.8. The van der Waals surface area contributed by atoms with Crippen molar-refractivity contribution in [1.82, 2.24) is 10.2 Å². The Labute approximate surface area is 111 Å². The van der Waals surface area contributed by atoms with Gasteiger partial charge in [0.2, 0.25) is 11.8 Å². The Hall–Kier alpha value is -1.63. The van der Waals surface area contributed by atoms with E-state index >= 15 is 0 Å². The molecule has 1 atom stereocenters. The van der Waals surface area contributed by atoms with Gasteiger partial charge in [0.05, 0.1) is 6.04 Å². The van der Waals surface area contributed by atoms with Crippen LogP contribution in [0.5, 0.6) is 0 Å². The predicted octanol–water partition coefficient (Wildman–Crippen LogP) is -0.360. The van der Waals surface area contributed by atoms with Crippen LogP contribution in [-0.4, -0.2) is 47.4 Å². The lowest BCUT2D eigenvalue weighted by Gasteiger charge is -2.29. The lowest BCUT2D eigenvalue weighted by atomic mass is 9.99. The van der Waals surface area contributed by atoms with Crippen molar-refractivity contribution in [3.8, 4) is 0 Å². The van der Waals surface area contributed by atoms with Gasteiger partial charge in [0.1, 0.15) is 5.84 Å². The summed E-state index contributed by atoms with van der Waals surface area (Å²) in [6, 6.07) is -0.299. The van der Waals surface area contributed by atoms with Crippen molar-refractivity contribution < 1.29 is 14.8 Å². The number of carbonyl (C=O) groups excluding carboxylic acids is 2. The maximum Gasteiger partial charge on any atom is 0.246 e. The lowest BCUT2D eigenvalue weighted by Crippen LogP contribution is -2.52.